The zero-order chi connectivity index (χ0) is 13.9. The van der Waals surface area contributed by atoms with Gasteiger partial charge in [-0.15, -0.1) is 0 Å². The summed E-state index contributed by atoms with van der Waals surface area (Å²) in [5.74, 6) is 1.77. The van der Waals surface area contributed by atoms with Gasteiger partial charge < -0.3 is 9.47 Å². The van der Waals surface area contributed by atoms with Gasteiger partial charge in [0.15, 0.2) is 17.3 Å². The van der Waals surface area contributed by atoms with Crippen molar-refractivity contribution in [2.75, 3.05) is 13.2 Å². The van der Waals surface area contributed by atoms with Crippen LogP contribution in [0, 0.1) is 0 Å². The fourth-order valence-corrected chi connectivity index (χ4v) is 2.22. The first-order chi connectivity index (χ1) is 9.79. The third-order valence-corrected chi connectivity index (χ3v) is 3.18. The summed E-state index contributed by atoms with van der Waals surface area (Å²) in [5, 5.41) is 4.07. The van der Waals surface area contributed by atoms with Gasteiger partial charge in [0.05, 0.1) is 12.0 Å². The van der Waals surface area contributed by atoms with E-state index in [2.05, 4.69) is 10.1 Å². The Kier molecular flexibility index (Phi) is 3.37. The summed E-state index contributed by atoms with van der Waals surface area (Å²) < 4.78 is 12.8. The van der Waals surface area contributed by atoms with Crippen molar-refractivity contribution in [3.8, 4) is 11.5 Å². The van der Waals surface area contributed by atoms with Crippen molar-refractivity contribution in [3.63, 3.8) is 0 Å². The second-order valence-corrected chi connectivity index (χ2v) is 4.42. The molecule has 20 heavy (non-hydrogen) atoms. The number of aryl methyl sites for hydroxylation is 1. The molecule has 1 aromatic heterocycles. The molecular formula is C14H15N3O3. The number of hydrogen-bond acceptors (Lipinski definition) is 5. The molecule has 3 rings (SSSR count). The summed E-state index contributed by atoms with van der Waals surface area (Å²) >= 11 is 0. The third-order valence-electron chi connectivity index (χ3n) is 3.18. The number of ketones is 1. The topological polar surface area (TPSA) is 66.2 Å². The lowest BCUT2D eigenvalue weighted by atomic mass is 10.1. The molecule has 2 aromatic rings. The number of rotatable bonds is 4. The van der Waals surface area contributed by atoms with E-state index in [1.165, 1.54) is 6.33 Å². The fraction of sp³-hybridized carbons (Fsp3) is 0.357. The van der Waals surface area contributed by atoms with Crippen LogP contribution in [0.15, 0.2) is 24.5 Å². The summed E-state index contributed by atoms with van der Waals surface area (Å²) in [5.41, 5.74) is 0.535. The van der Waals surface area contributed by atoms with Crippen molar-refractivity contribution in [2.45, 2.75) is 19.9 Å². The molecule has 0 N–H and O–H groups in total. The maximum absolute atomic E-state index is 12.4. The Morgan fingerprint density at radius 3 is 3.05 bits per heavy atom. The number of Topliss-reactive ketones (excluding diaryl/α,β-unsaturated/α-hetero) is 1. The number of carbonyl (C=O) groups is 1. The van der Waals surface area contributed by atoms with Gasteiger partial charge in [-0.1, -0.05) is 6.07 Å². The van der Waals surface area contributed by atoms with E-state index < -0.39 is 0 Å². The first kappa shape index (κ1) is 12.7. The molecule has 0 spiro atoms. The monoisotopic (exact) mass is 273 g/mol. The van der Waals surface area contributed by atoms with Crippen LogP contribution >= 0.6 is 0 Å². The second-order valence-electron chi connectivity index (χ2n) is 4.42. The molecule has 0 radical (unpaired) electrons. The van der Waals surface area contributed by atoms with Crippen LogP contribution in [0.3, 0.4) is 0 Å². The molecular weight excluding hydrogens is 258 g/mol. The summed E-state index contributed by atoms with van der Waals surface area (Å²) in [6.45, 7) is 3.62. The molecule has 0 atom stereocenters. The Hall–Kier alpha value is -2.37. The Balaban J connectivity index is 1.88. The zero-order valence-electron chi connectivity index (χ0n) is 11.2. The predicted molar refractivity (Wildman–Crippen MR) is 71.2 cm³/mol. The third kappa shape index (κ3) is 2.24. The van der Waals surface area contributed by atoms with Gasteiger partial charge in [-0.05, 0) is 19.1 Å². The van der Waals surface area contributed by atoms with Crippen molar-refractivity contribution in [1.82, 2.24) is 14.8 Å². The predicted octanol–water partition coefficient (Wildman–Crippen LogP) is 1.49. The van der Waals surface area contributed by atoms with Crippen LogP contribution in [0.2, 0.25) is 0 Å². The van der Waals surface area contributed by atoms with Crippen LogP contribution in [0.4, 0.5) is 0 Å². The van der Waals surface area contributed by atoms with Gasteiger partial charge in [0.2, 0.25) is 0 Å². The van der Waals surface area contributed by atoms with Crippen LogP contribution in [-0.2, 0) is 13.0 Å². The van der Waals surface area contributed by atoms with Crippen LogP contribution in [0.5, 0.6) is 11.5 Å². The highest BCUT2D eigenvalue weighted by Crippen LogP contribution is 2.34. The van der Waals surface area contributed by atoms with Gasteiger partial charge in [-0.2, -0.15) is 5.10 Å². The van der Waals surface area contributed by atoms with E-state index in [0.29, 0.717) is 42.6 Å². The largest absolute Gasteiger partial charge is 0.486 e. The number of carbonyl (C=O) groups excluding carboxylic acids is 1. The lowest BCUT2D eigenvalue weighted by Gasteiger charge is -2.20. The highest BCUT2D eigenvalue weighted by Gasteiger charge is 2.21. The summed E-state index contributed by atoms with van der Waals surface area (Å²) in [6.07, 6.45) is 1.67. The number of para-hydroxylation sites is 1. The number of fused-ring (bicyclic) bond motifs is 1. The molecule has 0 amide bonds. The molecule has 1 aromatic carbocycles. The lowest BCUT2D eigenvalue weighted by molar-refractivity contribution is 0.0978. The Morgan fingerprint density at radius 2 is 2.20 bits per heavy atom. The summed E-state index contributed by atoms with van der Waals surface area (Å²) in [7, 11) is 0. The van der Waals surface area contributed by atoms with Crippen molar-refractivity contribution >= 4 is 5.78 Å². The molecule has 1 aliphatic rings. The van der Waals surface area contributed by atoms with Gasteiger partial charge in [0, 0.05) is 6.54 Å². The first-order valence-electron chi connectivity index (χ1n) is 6.58. The Labute approximate surface area is 116 Å². The number of hydrogen-bond donors (Lipinski definition) is 0. The number of nitrogens with zero attached hydrogens (tertiary/aromatic N) is 3. The maximum Gasteiger partial charge on any atom is 0.174 e. The molecule has 0 saturated carbocycles. The highest BCUT2D eigenvalue weighted by atomic mass is 16.6. The molecule has 2 heterocycles. The Bertz CT molecular complexity index is 636. The maximum atomic E-state index is 12.4. The van der Waals surface area contributed by atoms with Crippen molar-refractivity contribution in [1.29, 1.82) is 0 Å². The average molecular weight is 273 g/mol. The number of ether oxygens (including phenoxy) is 2. The highest BCUT2D eigenvalue weighted by molar-refractivity contribution is 6.00. The molecule has 6 nitrogen and oxygen atoms in total. The van der Waals surface area contributed by atoms with Crippen molar-refractivity contribution in [2.24, 2.45) is 0 Å². The lowest BCUT2D eigenvalue weighted by Crippen LogP contribution is -2.19. The second kappa shape index (κ2) is 5.32. The number of benzene rings is 1. The minimum absolute atomic E-state index is 0.0462. The molecule has 1 aliphatic heterocycles. The van der Waals surface area contributed by atoms with E-state index in [9.17, 15) is 4.79 Å². The SMILES string of the molecule is CCn1ncnc1CC(=O)c1cccc2c1OCCO2. The van der Waals surface area contributed by atoms with Gasteiger partial charge in [0.1, 0.15) is 25.4 Å². The molecule has 0 aliphatic carbocycles. The van der Waals surface area contributed by atoms with Crippen LogP contribution in [-0.4, -0.2) is 33.8 Å². The number of aromatic nitrogens is 3. The smallest absolute Gasteiger partial charge is 0.174 e. The van der Waals surface area contributed by atoms with E-state index in [1.54, 1.807) is 22.9 Å². The van der Waals surface area contributed by atoms with Crippen LogP contribution in [0.25, 0.3) is 0 Å². The molecule has 6 heteroatoms. The minimum Gasteiger partial charge on any atom is -0.486 e. The quantitative estimate of drug-likeness (QED) is 0.790. The van der Waals surface area contributed by atoms with Crippen LogP contribution in [0.1, 0.15) is 23.1 Å². The molecule has 0 bridgehead atoms. The van der Waals surface area contributed by atoms with E-state index in [-0.39, 0.29) is 12.2 Å². The van der Waals surface area contributed by atoms with Gasteiger partial charge in [0.25, 0.3) is 0 Å². The Morgan fingerprint density at radius 1 is 1.35 bits per heavy atom. The van der Waals surface area contributed by atoms with E-state index in [0.717, 1.165) is 0 Å². The van der Waals surface area contributed by atoms with Crippen LogP contribution < -0.4 is 9.47 Å². The summed E-state index contributed by atoms with van der Waals surface area (Å²) in [4.78, 5) is 16.6. The molecule has 0 saturated heterocycles. The summed E-state index contributed by atoms with van der Waals surface area (Å²) in [6, 6.07) is 5.35. The normalized spacial score (nSPS) is 13.2. The standard InChI is InChI=1S/C14H15N3O3/c1-2-17-13(15-9-16-17)8-11(18)10-4-3-5-12-14(10)20-7-6-19-12/h3-5,9H,2,6-8H2,1H3. The van der Waals surface area contributed by atoms with Gasteiger partial charge >= 0.3 is 0 Å². The first-order valence-corrected chi connectivity index (χ1v) is 6.58. The molecule has 0 unspecified atom stereocenters. The zero-order valence-corrected chi connectivity index (χ0v) is 11.2. The van der Waals surface area contributed by atoms with Crippen molar-refractivity contribution in [3.05, 3.63) is 35.9 Å². The van der Waals surface area contributed by atoms with Crippen molar-refractivity contribution < 1.29 is 14.3 Å². The van der Waals surface area contributed by atoms with Gasteiger partial charge in [-0.25, -0.2) is 9.67 Å². The van der Waals surface area contributed by atoms with E-state index in [4.69, 9.17) is 9.47 Å². The fourth-order valence-electron chi connectivity index (χ4n) is 2.22. The molecule has 0 fully saturated rings. The van der Waals surface area contributed by atoms with Gasteiger partial charge in [-0.3, -0.25) is 4.79 Å². The minimum atomic E-state index is -0.0462. The average Bonchev–Trinajstić information content (AvgIpc) is 2.93. The van der Waals surface area contributed by atoms with E-state index in [1.807, 2.05) is 6.92 Å². The van der Waals surface area contributed by atoms with E-state index >= 15 is 0 Å². The molecule has 104 valence electrons.